The van der Waals surface area contributed by atoms with Gasteiger partial charge in [-0.1, -0.05) is 5.43 Å². The van der Waals surface area contributed by atoms with Crippen molar-refractivity contribution in [2.75, 3.05) is 6.54 Å². The Balaban J connectivity index is 2.35. The van der Waals surface area contributed by atoms with Gasteiger partial charge >= 0.3 is 0 Å². The Morgan fingerprint density at radius 1 is 1.88 bits per heavy atom. The fourth-order valence-electron chi connectivity index (χ4n) is 0.581. The van der Waals surface area contributed by atoms with E-state index in [1.165, 1.54) is 0 Å². The van der Waals surface area contributed by atoms with E-state index in [9.17, 15) is 10.1 Å². The summed E-state index contributed by atoms with van der Waals surface area (Å²) in [5, 5.41) is 9.87. The van der Waals surface area contributed by atoms with E-state index in [1.54, 1.807) is 0 Å². The summed E-state index contributed by atoms with van der Waals surface area (Å²) < 4.78 is 0. The average Bonchev–Trinajstić information content (AvgIpc) is 2.12. The molecule has 1 unspecified atom stereocenters. The lowest BCUT2D eigenvalue weighted by atomic mass is 10.4. The highest BCUT2D eigenvalue weighted by Crippen LogP contribution is 1.96. The molecule has 1 aliphatic rings. The molecule has 0 aliphatic carbocycles. The van der Waals surface area contributed by atoms with Crippen molar-refractivity contribution in [2.24, 2.45) is 0 Å². The van der Waals surface area contributed by atoms with Crippen molar-refractivity contribution in [1.82, 2.24) is 10.9 Å². The molecule has 1 atom stereocenters. The molecule has 0 aromatic rings. The second kappa shape index (κ2) is 2.06. The van der Waals surface area contributed by atoms with Gasteiger partial charge in [-0.05, 0) is 0 Å². The molecule has 0 spiro atoms. The van der Waals surface area contributed by atoms with Gasteiger partial charge in [0, 0.05) is 17.9 Å². The van der Waals surface area contributed by atoms with Gasteiger partial charge in [0.2, 0.25) is 0 Å². The molecule has 0 saturated carbocycles. The summed E-state index contributed by atoms with van der Waals surface area (Å²) in [4.78, 5) is 9.48. The number of hydrogen-bond acceptors (Lipinski definition) is 3. The predicted molar refractivity (Wildman–Crippen MR) is 25.5 cm³/mol. The van der Waals surface area contributed by atoms with Crippen LogP contribution in [0.25, 0.3) is 0 Å². The van der Waals surface area contributed by atoms with Gasteiger partial charge in [0.1, 0.15) is 0 Å². The normalized spacial score (nSPS) is 28.2. The van der Waals surface area contributed by atoms with Crippen molar-refractivity contribution in [2.45, 2.75) is 12.6 Å². The van der Waals surface area contributed by atoms with Gasteiger partial charge in [0.05, 0.1) is 0 Å². The Bertz CT molecular complexity index is 98.7. The Hall–Kier alpha value is -0.680. The van der Waals surface area contributed by atoms with E-state index in [0.717, 1.165) is 0 Å². The molecule has 1 saturated heterocycles. The molecule has 1 aliphatic heterocycles. The van der Waals surface area contributed by atoms with Crippen molar-refractivity contribution in [3.8, 4) is 0 Å². The summed E-state index contributed by atoms with van der Waals surface area (Å²) >= 11 is 0. The zero-order valence-corrected chi connectivity index (χ0v) is 4.20. The maximum Gasteiger partial charge on any atom is 0.296 e. The van der Waals surface area contributed by atoms with E-state index in [4.69, 9.17) is 0 Å². The van der Waals surface area contributed by atoms with Gasteiger partial charge in [-0.25, -0.2) is 5.43 Å². The third kappa shape index (κ3) is 0.932. The van der Waals surface area contributed by atoms with Crippen LogP contribution in [0, 0.1) is 10.1 Å². The van der Waals surface area contributed by atoms with Crippen molar-refractivity contribution < 1.29 is 4.92 Å². The Morgan fingerprint density at radius 2 is 2.62 bits per heavy atom. The maximum atomic E-state index is 9.87. The number of nitrogens with one attached hydrogen (secondary N) is 1. The summed E-state index contributed by atoms with van der Waals surface area (Å²) in [6.45, 7) is 0.631. The van der Waals surface area contributed by atoms with Gasteiger partial charge < -0.3 is 0 Å². The highest BCUT2D eigenvalue weighted by molar-refractivity contribution is 4.59. The van der Waals surface area contributed by atoms with E-state index in [1.807, 2.05) is 0 Å². The Labute approximate surface area is 46.2 Å². The molecule has 1 heterocycles. The largest absolute Gasteiger partial charge is 0.296 e. The summed E-state index contributed by atoms with van der Waals surface area (Å²) in [6.07, 6.45) is -0.178. The highest BCUT2D eigenvalue weighted by Gasteiger charge is 2.25. The minimum atomic E-state index is -0.699. The van der Waals surface area contributed by atoms with Crippen molar-refractivity contribution in [1.29, 1.82) is 0 Å². The van der Waals surface area contributed by atoms with Crippen LogP contribution in [-0.2, 0) is 0 Å². The van der Waals surface area contributed by atoms with Crippen LogP contribution in [0.3, 0.4) is 0 Å². The molecule has 5 nitrogen and oxygen atoms in total. The van der Waals surface area contributed by atoms with Crippen LogP contribution < -0.4 is 10.9 Å². The lowest BCUT2D eigenvalue weighted by molar-refractivity contribution is -0.527. The number of nitro groups is 1. The zero-order valence-electron chi connectivity index (χ0n) is 4.20. The van der Waals surface area contributed by atoms with Crippen molar-refractivity contribution >= 4 is 0 Å². The van der Waals surface area contributed by atoms with Crippen LogP contribution >= 0.6 is 0 Å². The first-order valence-electron chi connectivity index (χ1n) is 2.37. The third-order valence-electron chi connectivity index (χ3n) is 0.998. The fourth-order valence-corrected chi connectivity index (χ4v) is 0.581. The lowest BCUT2D eigenvalue weighted by Gasteiger charge is -1.93. The van der Waals surface area contributed by atoms with Crippen LogP contribution in [-0.4, -0.2) is 17.6 Å². The van der Waals surface area contributed by atoms with E-state index in [-0.39, 0.29) is 4.92 Å². The van der Waals surface area contributed by atoms with Crippen molar-refractivity contribution in [3.63, 3.8) is 0 Å². The molecular weight excluding hydrogens is 110 g/mol. The van der Waals surface area contributed by atoms with E-state index >= 15 is 0 Å². The molecule has 5 heteroatoms. The van der Waals surface area contributed by atoms with Gasteiger partial charge in [0.25, 0.3) is 6.17 Å². The topological polar surface area (TPSA) is 69.3 Å². The van der Waals surface area contributed by atoms with E-state index in [2.05, 4.69) is 10.9 Å². The second-order valence-electron chi connectivity index (χ2n) is 1.59. The minimum Gasteiger partial charge on any atom is -0.263 e. The first-order chi connectivity index (χ1) is 3.80. The molecule has 8 heavy (non-hydrogen) atoms. The molecular formula is C3H6N3O2. The molecule has 1 rings (SSSR count). The third-order valence-corrected chi connectivity index (χ3v) is 0.998. The highest BCUT2D eigenvalue weighted by atomic mass is 16.6. The maximum absolute atomic E-state index is 9.87. The van der Waals surface area contributed by atoms with Crippen LogP contribution in [0.5, 0.6) is 0 Å². The summed E-state index contributed by atoms with van der Waals surface area (Å²) in [7, 11) is 0. The fraction of sp³-hybridized carbons (Fsp3) is 1.00. The van der Waals surface area contributed by atoms with E-state index in [0.29, 0.717) is 13.0 Å². The molecule has 0 amide bonds. The second-order valence-corrected chi connectivity index (χ2v) is 1.59. The van der Waals surface area contributed by atoms with Gasteiger partial charge in [-0.15, -0.1) is 0 Å². The first-order valence-corrected chi connectivity index (χ1v) is 2.37. The Kier molecular flexibility index (Phi) is 1.40. The summed E-state index contributed by atoms with van der Waals surface area (Å²) in [5.41, 5.74) is 6.02. The van der Waals surface area contributed by atoms with Crippen LogP contribution in [0.2, 0.25) is 0 Å². The summed E-state index contributed by atoms with van der Waals surface area (Å²) in [6, 6.07) is 0. The minimum absolute atomic E-state index is 0.389. The zero-order chi connectivity index (χ0) is 5.98. The smallest absolute Gasteiger partial charge is 0.263 e. The molecule has 0 aromatic carbocycles. The number of hydrogen-bond donors (Lipinski definition) is 1. The van der Waals surface area contributed by atoms with E-state index < -0.39 is 6.17 Å². The quantitative estimate of drug-likeness (QED) is 0.356. The monoisotopic (exact) mass is 116 g/mol. The molecule has 1 N–H and O–H groups in total. The van der Waals surface area contributed by atoms with Gasteiger partial charge in [-0.3, -0.25) is 10.1 Å². The van der Waals surface area contributed by atoms with Crippen LogP contribution in [0.15, 0.2) is 0 Å². The number of nitrogens with zero attached hydrogens (tertiary/aromatic N) is 2. The predicted octanol–water partition coefficient (Wildman–Crippen LogP) is -0.898. The molecule has 45 valence electrons. The van der Waals surface area contributed by atoms with Gasteiger partial charge in [-0.2, -0.15) is 0 Å². The van der Waals surface area contributed by atoms with Crippen molar-refractivity contribution in [3.05, 3.63) is 10.1 Å². The molecule has 1 fully saturated rings. The van der Waals surface area contributed by atoms with Crippen LogP contribution in [0.4, 0.5) is 0 Å². The molecule has 1 radical (unpaired) electrons. The number of rotatable bonds is 1. The molecule has 0 aromatic heterocycles. The van der Waals surface area contributed by atoms with Crippen LogP contribution in [0.1, 0.15) is 6.42 Å². The first kappa shape index (κ1) is 5.46. The SMILES string of the molecule is O=[N+]([O-])C1CCN[N]1. The Morgan fingerprint density at radius 3 is 2.88 bits per heavy atom. The molecule has 0 bridgehead atoms. The lowest BCUT2D eigenvalue weighted by Crippen LogP contribution is -2.28. The average molecular weight is 116 g/mol. The standard InChI is InChI=1S/C3H6N3O2/c7-6(8)3-1-2-4-5-3/h3-4H,1-2H2. The summed E-state index contributed by atoms with van der Waals surface area (Å²) in [5.74, 6) is 0. The van der Waals surface area contributed by atoms with Gasteiger partial charge in [0.15, 0.2) is 0 Å².